The highest BCUT2D eigenvalue weighted by molar-refractivity contribution is 5.84. The van der Waals surface area contributed by atoms with E-state index in [-0.39, 0.29) is 11.8 Å². The molecule has 0 aliphatic carbocycles. The Morgan fingerprint density at radius 1 is 1.29 bits per heavy atom. The number of ketones is 1. The molecule has 2 aliphatic heterocycles. The Balaban J connectivity index is 2.18. The van der Waals surface area contributed by atoms with Crippen LogP contribution in [0.25, 0.3) is 0 Å². The minimum absolute atomic E-state index is 0.256. The third-order valence-electron chi connectivity index (χ3n) is 4.06. The van der Waals surface area contributed by atoms with Gasteiger partial charge >= 0.3 is 0 Å². The van der Waals surface area contributed by atoms with E-state index in [4.69, 9.17) is 0 Å². The number of Topliss-reactive ketones (excluding diaryl/α,β-unsaturated/α-hetero) is 1. The van der Waals surface area contributed by atoms with E-state index in [2.05, 4.69) is 25.7 Å². The van der Waals surface area contributed by atoms with E-state index in [9.17, 15) is 4.79 Å². The van der Waals surface area contributed by atoms with Crippen LogP contribution in [0.5, 0.6) is 0 Å². The fourth-order valence-electron chi connectivity index (χ4n) is 3.38. The molecule has 0 spiro atoms. The van der Waals surface area contributed by atoms with Crippen LogP contribution < -0.4 is 0 Å². The molecular weight excluding hydrogens is 174 g/mol. The SMILES string of the molecule is C[C@@H]1CCCN2C[C@H](C)C(=O)[C@@H](C)[C@@H]12. The average molecular weight is 195 g/mol. The second kappa shape index (κ2) is 3.65. The summed E-state index contributed by atoms with van der Waals surface area (Å²) in [5.74, 6) is 1.70. The fourth-order valence-corrected chi connectivity index (χ4v) is 3.38. The van der Waals surface area contributed by atoms with Crippen molar-refractivity contribution in [3.05, 3.63) is 0 Å². The van der Waals surface area contributed by atoms with Gasteiger partial charge in [-0.15, -0.1) is 0 Å². The smallest absolute Gasteiger partial charge is 0.141 e. The maximum Gasteiger partial charge on any atom is 0.141 e. The van der Waals surface area contributed by atoms with Crippen LogP contribution in [0.15, 0.2) is 0 Å². The highest BCUT2D eigenvalue weighted by Gasteiger charge is 2.41. The van der Waals surface area contributed by atoms with E-state index >= 15 is 0 Å². The number of rotatable bonds is 0. The number of carbonyl (C=O) groups excluding carboxylic acids is 1. The Bertz CT molecular complexity index is 238. The average Bonchev–Trinajstić information content (AvgIpc) is 2.14. The molecule has 14 heavy (non-hydrogen) atoms. The van der Waals surface area contributed by atoms with E-state index < -0.39 is 0 Å². The minimum atomic E-state index is 0.256. The zero-order chi connectivity index (χ0) is 10.3. The molecule has 2 saturated heterocycles. The maximum absolute atomic E-state index is 11.9. The summed E-state index contributed by atoms with van der Waals surface area (Å²) in [6.45, 7) is 8.71. The van der Waals surface area contributed by atoms with Crippen molar-refractivity contribution in [2.45, 2.75) is 39.7 Å². The van der Waals surface area contributed by atoms with Crippen LogP contribution in [0.4, 0.5) is 0 Å². The maximum atomic E-state index is 11.9. The summed E-state index contributed by atoms with van der Waals surface area (Å²) in [4.78, 5) is 14.4. The lowest BCUT2D eigenvalue weighted by Crippen LogP contribution is -2.57. The Kier molecular flexibility index (Phi) is 2.65. The van der Waals surface area contributed by atoms with Crippen molar-refractivity contribution in [3.63, 3.8) is 0 Å². The van der Waals surface area contributed by atoms with Gasteiger partial charge in [-0.25, -0.2) is 0 Å². The zero-order valence-corrected chi connectivity index (χ0v) is 9.49. The molecule has 0 radical (unpaired) electrons. The van der Waals surface area contributed by atoms with Gasteiger partial charge in [-0.05, 0) is 25.3 Å². The molecule has 0 N–H and O–H groups in total. The summed E-state index contributed by atoms with van der Waals surface area (Å²) in [7, 11) is 0. The molecule has 2 rings (SSSR count). The number of hydrogen-bond acceptors (Lipinski definition) is 2. The van der Waals surface area contributed by atoms with Crippen molar-refractivity contribution < 1.29 is 4.79 Å². The summed E-state index contributed by atoms with van der Waals surface area (Å²) in [5, 5.41) is 0. The number of carbonyl (C=O) groups is 1. The topological polar surface area (TPSA) is 20.3 Å². The first-order valence-electron chi connectivity index (χ1n) is 5.89. The summed E-state index contributed by atoms with van der Waals surface area (Å²) in [6, 6.07) is 0.535. The predicted molar refractivity (Wildman–Crippen MR) is 57.1 cm³/mol. The first kappa shape index (κ1) is 10.2. The van der Waals surface area contributed by atoms with Crippen molar-refractivity contribution in [3.8, 4) is 0 Å². The van der Waals surface area contributed by atoms with Crippen LogP contribution in [-0.2, 0) is 4.79 Å². The van der Waals surface area contributed by atoms with E-state index in [1.165, 1.54) is 19.4 Å². The van der Waals surface area contributed by atoms with Crippen molar-refractivity contribution >= 4 is 5.78 Å². The lowest BCUT2D eigenvalue weighted by molar-refractivity contribution is -0.136. The highest BCUT2D eigenvalue weighted by Crippen LogP contribution is 2.34. The molecule has 4 atom stereocenters. The second-order valence-electron chi connectivity index (χ2n) is 5.20. The lowest BCUT2D eigenvalue weighted by atomic mass is 9.75. The van der Waals surface area contributed by atoms with Gasteiger partial charge in [0, 0.05) is 24.4 Å². The normalized spacial score (nSPS) is 44.9. The van der Waals surface area contributed by atoms with Crippen LogP contribution >= 0.6 is 0 Å². The summed E-state index contributed by atoms with van der Waals surface area (Å²) in [6.07, 6.45) is 2.61. The van der Waals surface area contributed by atoms with Gasteiger partial charge in [-0.1, -0.05) is 20.8 Å². The van der Waals surface area contributed by atoms with Gasteiger partial charge in [0.2, 0.25) is 0 Å². The highest BCUT2D eigenvalue weighted by atomic mass is 16.1. The van der Waals surface area contributed by atoms with Gasteiger partial charge in [0.05, 0.1) is 0 Å². The molecule has 80 valence electrons. The van der Waals surface area contributed by atoms with Crippen molar-refractivity contribution in [1.29, 1.82) is 0 Å². The minimum Gasteiger partial charge on any atom is -0.299 e. The largest absolute Gasteiger partial charge is 0.299 e. The molecular formula is C12H21NO. The molecule has 2 fully saturated rings. The van der Waals surface area contributed by atoms with Gasteiger partial charge in [0.1, 0.15) is 5.78 Å². The molecule has 0 unspecified atom stereocenters. The van der Waals surface area contributed by atoms with Crippen LogP contribution in [-0.4, -0.2) is 29.8 Å². The predicted octanol–water partition coefficient (Wildman–Crippen LogP) is 1.94. The second-order valence-corrected chi connectivity index (χ2v) is 5.20. The van der Waals surface area contributed by atoms with Gasteiger partial charge in [-0.2, -0.15) is 0 Å². The quantitative estimate of drug-likeness (QED) is 0.589. The Morgan fingerprint density at radius 2 is 2.00 bits per heavy atom. The molecule has 0 aromatic heterocycles. The molecule has 2 heteroatoms. The fraction of sp³-hybridized carbons (Fsp3) is 0.917. The zero-order valence-electron chi connectivity index (χ0n) is 9.49. The van der Waals surface area contributed by atoms with E-state index in [1.54, 1.807) is 0 Å². The van der Waals surface area contributed by atoms with Crippen molar-refractivity contribution in [2.75, 3.05) is 13.1 Å². The van der Waals surface area contributed by atoms with E-state index in [0.717, 1.165) is 6.54 Å². The summed E-state index contributed by atoms with van der Waals surface area (Å²) < 4.78 is 0. The monoisotopic (exact) mass is 195 g/mol. The molecule has 2 aliphatic rings. The molecule has 0 bridgehead atoms. The van der Waals surface area contributed by atoms with Gasteiger partial charge in [0.25, 0.3) is 0 Å². The van der Waals surface area contributed by atoms with Gasteiger partial charge in [-0.3, -0.25) is 9.69 Å². The molecule has 0 saturated carbocycles. The standard InChI is InChI=1S/C12H21NO/c1-8-5-4-6-13-7-9(2)12(14)10(3)11(8)13/h8-11H,4-7H2,1-3H3/t8-,9+,10+,11-/m1/s1. The van der Waals surface area contributed by atoms with E-state index in [0.29, 0.717) is 17.7 Å². The van der Waals surface area contributed by atoms with Crippen LogP contribution in [0.3, 0.4) is 0 Å². The molecule has 0 aromatic carbocycles. The van der Waals surface area contributed by atoms with Crippen LogP contribution in [0.1, 0.15) is 33.6 Å². The Hall–Kier alpha value is -0.370. The van der Waals surface area contributed by atoms with Crippen LogP contribution in [0.2, 0.25) is 0 Å². The van der Waals surface area contributed by atoms with Crippen LogP contribution in [0, 0.1) is 17.8 Å². The Morgan fingerprint density at radius 3 is 2.71 bits per heavy atom. The third kappa shape index (κ3) is 1.50. The first-order chi connectivity index (χ1) is 6.61. The van der Waals surface area contributed by atoms with Crippen molar-refractivity contribution in [2.24, 2.45) is 17.8 Å². The van der Waals surface area contributed by atoms with Crippen molar-refractivity contribution in [1.82, 2.24) is 4.90 Å². The number of nitrogens with zero attached hydrogens (tertiary/aromatic N) is 1. The summed E-state index contributed by atoms with van der Waals surface area (Å²) in [5.41, 5.74) is 0. The molecule has 2 nitrogen and oxygen atoms in total. The Labute approximate surface area is 86.7 Å². The number of piperidine rings is 2. The first-order valence-corrected chi connectivity index (χ1v) is 5.89. The third-order valence-corrected chi connectivity index (χ3v) is 4.06. The molecule has 0 aromatic rings. The van der Waals surface area contributed by atoms with E-state index in [1.807, 2.05) is 0 Å². The summed E-state index contributed by atoms with van der Waals surface area (Å²) >= 11 is 0. The number of fused-ring (bicyclic) bond motifs is 1. The molecule has 2 heterocycles. The lowest BCUT2D eigenvalue weighted by Gasteiger charge is -2.47. The molecule has 0 amide bonds. The van der Waals surface area contributed by atoms with Gasteiger partial charge in [0.15, 0.2) is 0 Å². The van der Waals surface area contributed by atoms with Gasteiger partial charge < -0.3 is 0 Å². The number of hydrogen-bond donors (Lipinski definition) is 0.